The summed E-state index contributed by atoms with van der Waals surface area (Å²) in [6.45, 7) is 3.79. The van der Waals surface area contributed by atoms with Crippen LogP contribution in [0.4, 0.5) is 0 Å². The molecule has 2 heterocycles. The van der Waals surface area contributed by atoms with Crippen LogP contribution >= 0.6 is 11.3 Å². The Labute approximate surface area is 146 Å². The van der Waals surface area contributed by atoms with Crippen LogP contribution in [0.15, 0.2) is 46.0 Å². The van der Waals surface area contributed by atoms with Gasteiger partial charge in [-0.15, -0.1) is 0 Å². The fraction of sp³-hybridized carbons (Fsp3) is 0.353. The maximum absolute atomic E-state index is 12.5. The number of benzene rings is 1. The lowest BCUT2D eigenvalue weighted by Crippen LogP contribution is -2.44. The second kappa shape index (κ2) is 7.14. The van der Waals surface area contributed by atoms with E-state index in [0.29, 0.717) is 12.1 Å². The van der Waals surface area contributed by atoms with Crippen LogP contribution in [0.3, 0.4) is 0 Å². The number of hydrogen-bond donors (Lipinski definition) is 1. The zero-order valence-electron chi connectivity index (χ0n) is 13.4. The Hall–Kier alpha value is -1.54. The summed E-state index contributed by atoms with van der Waals surface area (Å²) in [7, 11) is -3.59. The monoisotopic (exact) mass is 364 g/mol. The molecule has 0 amide bonds. The minimum Gasteiger partial charge on any atom is -0.295 e. The quantitative estimate of drug-likeness (QED) is 0.767. The van der Waals surface area contributed by atoms with Gasteiger partial charge in [0.25, 0.3) is 0 Å². The first-order valence-corrected chi connectivity index (χ1v) is 10.3. The van der Waals surface area contributed by atoms with E-state index in [2.05, 4.69) is 15.0 Å². The second-order valence-corrected chi connectivity index (χ2v) is 8.44. The van der Waals surface area contributed by atoms with Crippen LogP contribution in [0.5, 0.6) is 0 Å². The molecule has 1 unspecified atom stereocenters. The van der Waals surface area contributed by atoms with Crippen molar-refractivity contribution in [3.05, 3.63) is 52.2 Å². The fourth-order valence-electron chi connectivity index (χ4n) is 2.72. The standard InChI is InChI=1S/C17H20N2O3S2/c1-13(20)14-3-5-16(6-4-14)24(21,22)18-11-17(19-8-2-9-19)15-7-10-23-12-15/h3-7,10,12,17-18H,2,8-9,11H2,1H3. The van der Waals surface area contributed by atoms with Crippen LogP contribution in [-0.2, 0) is 10.0 Å². The van der Waals surface area contributed by atoms with Gasteiger partial charge < -0.3 is 0 Å². The minimum atomic E-state index is -3.59. The van der Waals surface area contributed by atoms with Gasteiger partial charge >= 0.3 is 0 Å². The van der Waals surface area contributed by atoms with Crippen LogP contribution in [0.1, 0.15) is 35.3 Å². The van der Waals surface area contributed by atoms with Gasteiger partial charge in [-0.3, -0.25) is 9.69 Å². The Morgan fingerprint density at radius 1 is 1.25 bits per heavy atom. The lowest BCUT2D eigenvalue weighted by molar-refractivity contribution is 0.101. The molecule has 1 aliphatic heterocycles. The maximum atomic E-state index is 12.5. The smallest absolute Gasteiger partial charge is 0.240 e. The molecule has 0 radical (unpaired) electrons. The number of sulfonamides is 1. The van der Waals surface area contributed by atoms with E-state index in [1.165, 1.54) is 19.1 Å². The van der Waals surface area contributed by atoms with Gasteiger partial charge in [0.1, 0.15) is 0 Å². The number of hydrogen-bond acceptors (Lipinski definition) is 5. The highest BCUT2D eigenvalue weighted by molar-refractivity contribution is 7.89. The molecule has 1 aromatic carbocycles. The Morgan fingerprint density at radius 2 is 1.96 bits per heavy atom. The van der Waals surface area contributed by atoms with Gasteiger partial charge in [-0.05, 0) is 47.9 Å². The number of rotatable bonds is 7. The van der Waals surface area contributed by atoms with E-state index in [1.807, 2.05) is 11.4 Å². The Bertz CT molecular complexity index is 795. The van der Waals surface area contributed by atoms with Gasteiger partial charge in [-0.25, -0.2) is 13.1 Å². The van der Waals surface area contributed by atoms with Crippen LogP contribution in [0.25, 0.3) is 0 Å². The molecule has 0 aliphatic carbocycles. The summed E-state index contributed by atoms with van der Waals surface area (Å²) in [5.41, 5.74) is 1.65. The number of nitrogens with zero attached hydrogens (tertiary/aromatic N) is 1. The van der Waals surface area contributed by atoms with Crippen molar-refractivity contribution in [2.75, 3.05) is 19.6 Å². The number of thiophene rings is 1. The molecule has 0 bridgehead atoms. The molecule has 24 heavy (non-hydrogen) atoms. The number of carbonyl (C=O) groups excluding carboxylic acids is 1. The lowest BCUT2D eigenvalue weighted by Gasteiger charge is -2.38. The molecule has 1 aliphatic rings. The number of carbonyl (C=O) groups is 1. The number of nitrogens with one attached hydrogen (secondary N) is 1. The average molecular weight is 364 g/mol. The number of ketones is 1. The number of Topliss-reactive ketones (excluding diaryl/α,β-unsaturated/α-hetero) is 1. The fourth-order valence-corrected chi connectivity index (χ4v) is 4.46. The van der Waals surface area contributed by atoms with Crippen molar-refractivity contribution in [3.8, 4) is 0 Å². The second-order valence-electron chi connectivity index (χ2n) is 5.89. The van der Waals surface area contributed by atoms with E-state index in [9.17, 15) is 13.2 Å². The van der Waals surface area contributed by atoms with Crippen molar-refractivity contribution in [2.24, 2.45) is 0 Å². The molecule has 1 N–H and O–H groups in total. The van der Waals surface area contributed by atoms with Crippen LogP contribution in [0.2, 0.25) is 0 Å². The van der Waals surface area contributed by atoms with E-state index in [-0.39, 0.29) is 16.7 Å². The zero-order valence-corrected chi connectivity index (χ0v) is 15.1. The van der Waals surface area contributed by atoms with E-state index >= 15 is 0 Å². The first kappa shape index (κ1) is 17.3. The Balaban J connectivity index is 1.72. The molecule has 1 aromatic heterocycles. The van der Waals surface area contributed by atoms with Gasteiger partial charge in [-0.2, -0.15) is 11.3 Å². The lowest BCUT2D eigenvalue weighted by atomic mass is 10.1. The zero-order chi connectivity index (χ0) is 17.2. The third-order valence-corrected chi connectivity index (χ3v) is 6.44. The first-order chi connectivity index (χ1) is 11.5. The molecule has 1 fully saturated rings. The topological polar surface area (TPSA) is 66.5 Å². The SMILES string of the molecule is CC(=O)c1ccc(S(=O)(=O)NCC(c2ccsc2)N2CCC2)cc1. The third kappa shape index (κ3) is 3.75. The molecule has 0 saturated carbocycles. The summed E-state index contributed by atoms with van der Waals surface area (Å²) >= 11 is 1.62. The highest BCUT2D eigenvalue weighted by Crippen LogP contribution is 2.27. The van der Waals surface area contributed by atoms with Crippen LogP contribution < -0.4 is 4.72 Å². The van der Waals surface area contributed by atoms with Crippen LogP contribution in [-0.4, -0.2) is 38.7 Å². The molecule has 1 saturated heterocycles. The molecule has 7 heteroatoms. The van der Waals surface area contributed by atoms with Crippen molar-refractivity contribution in [1.82, 2.24) is 9.62 Å². The molecule has 1 atom stereocenters. The molecule has 0 spiro atoms. The first-order valence-electron chi connectivity index (χ1n) is 7.84. The van der Waals surface area contributed by atoms with Crippen molar-refractivity contribution in [2.45, 2.75) is 24.3 Å². The molecule has 128 valence electrons. The van der Waals surface area contributed by atoms with Gasteiger partial charge in [-0.1, -0.05) is 12.1 Å². The van der Waals surface area contributed by atoms with Crippen molar-refractivity contribution >= 4 is 27.1 Å². The average Bonchev–Trinajstić information content (AvgIpc) is 3.03. The molecule has 2 aromatic rings. The molecular weight excluding hydrogens is 344 g/mol. The minimum absolute atomic E-state index is 0.0660. The Morgan fingerprint density at radius 3 is 2.46 bits per heavy atom. The van der Waals surface area contributed by atoms with E-state index in [0.717, 1.165) is 25.1 Å². The summed E-state index contributed by atoms with van der Waals surface area (Å²) in [6, 6.07) is 8.15. The predicted molar refractivity (Wildman–Crippen MR) is 94.9 cm³/mol. The van der Waals surface area contributed by atoms with E-state index < -0.39 is 10.0 Å². The number of likely N-dealkylation sites (tertiary alicyclic amines) is 1. The van der Waals surface area contributed by atoms with E-state index in [1.54, 1.807) is 23.5 Å². The summed E-state index contributed by atoms with van der Waals surface area (Å²) in [5.74, 6) is -0.0813. The predicted octanol–water partition coefficient (Wildman–Crippen LogP) is 2.68. The van der Waals surface area contributed by atoms with Crippen LogP contribution in [0, 0.1) is 0 Å². The van der Waals surface area contributed by atoms with Gasteiger partial charge in [0.2, 0.25) is 10.0 Å². The molecule has 3 rings (SSSR count). The summed E-state index contributed by atoms with van der Waals surface area (Å²) in [5, 5.41) is 4.08. The summed E-state index contributed by atoms with van der Waals surface area (Å²) in [6.07, 6.45) is 1.15. The molecular formula is C17H20N2O3S2. The van der Waals surface area contributed by atoms with E-state index in [4.69, 9.17) is 0 Å². The Kier molecular flexibility index (Phi) is 5.15. The van der Waals surface area contributed by atoms with Gasteiger partial charge in [0.05, 0.1) is 4.90 Å². The third-order valence-electron chi connectivity index (χ3n) is 4.30. The molecule has 5 nitrogen and oxygen atoms in total. The van der Waals surface area contributed by atoms with Crippen molar-refractivity contribution in [1.29, 1.82) is 0 Å². The largest absolute Gasteiger partial charge is 0.295 e. The normalized spacial score (nSPS) is 16.5. The summed E-state index contributed by atoms with van der Waals surface area (Å²) in [4.78, 5) is 13.8. The van der Waals surface area contributed by atoms with Gasteiger partial charge in [0.15, 0.2) is 5.78 Å². The maximum Gasteiger partial charge on any atom is 0.240 e. The van der Waals surface area contributed by atoms with Crippen molar-refractivity contribution in [3.63, 3.8) is 0 Å². The van der Waals surface area contributed by atoms with Gasteiger partial charge in [0, 0.05) is 31.2 Å². The highest BCUT2D eigenvalue weighted by Gasteiger charge is 2.27. The highest BCUT2D eigenvalue weighted by atomic mass is 32.2. The summed E-state index contributed by atoms with van der Waals surface area (Å²) < 4.78 is 27.7. The van der Waals surface area contributed by atoms with Crippen molar-refractivity contribution < 1.29 is 13.2 Å².